The Morgan fingerprint density at radius 2 is 2.23 bits per heavy atom. The summed E-state index contributed by atoms with van der Waals surface area (Å²) in [5.41, 5.74) is 2.13. The zero-order chi connectivity index (χ0) is 15.9. The average Bonchev–Trinajstić information content (AvgIpc) is 3.35. The van der Waals surface area contributed by atoms with E-state index in [1.807, 2.05) is 32.0 Å². The van der Waals surface area contributed by atoms with E-state index in [4.69, 9.17) is 18.9 Å². The van der Waals surface area contributed by atoms with Gasteiger partial charge in [-0.3, -0.25) is 4.79 Å². The number of benzene rings is 1. The Hall–Kier alpha value is -1.59. The molecule has 1 heterocycles. The van der Waals surface area contributed by atoms with E-state index in [2.05, 4.69) is 0 Å². The number of esters is 1. The van der Waals surface area contributed by atoms with Crippen molar-refractivity contribution in [1.29, 1.82) is 0 Å². The third-order valence-electron chi connectivity index (χ3n) is 3.63. The monoisotopic (exact) mass is 308 g/mol. The highest BCUT2D eigenvalue weighted by Crippen LogP contribution is 2.27. The van der Waals surface area contributed by atoms with Gasteiger partial charge in [-0.05, 0) is 43.5 Å². The van der Waals surface area contributed by atoms with Crippen molar-refractivity contribution >= 4 is 5.97 Å². The van der Waals surface area contributed by atoms with Gasteiger partial charge in [0, 0.05) is 6.42 Å². The first-order valence-electron chi connectivity index (χ1n) is 7.69. The number of hydrogen-bond acceptors (Lipinski definition) is 5. The van der Waals surface area contributed by atoms with Crippen LogP contribution in [0.1, 0.15) is 37.5 Å². The Labute approximate surface area is 131 Å². The summed E-state index contributed by atoms with van der Waals surface area (Å²) in [6, 6.07) is 5.87. The van der Waals surface area contributed by atoms with Gasteiger partial charge < -0.3 is 18.9 Å². The molecule has 2 rings (SSSR count). The second-order valence-electron chi connectivity index (χ2n) is 5.30. The minimum atomic E-state index is -0.184. The summed E-state index contributed by atoms with van der Waals surface area (Å²) in [4.78, 5) is 11.6. The second-order valence-corrected chi connectivity index (χ2v) is 5.30. The third kappa shape index (κ3) is 5.00. The first-order valence-corrected chi connectivity index (χ1v) is 7.69. The van der Waals surface area contributed by atoms with E-state index in [0.29, 0.717) is 26.1 Å². The molecule has 1 fully saturated rings. The van der Waals surface area contributed by atoms with Gasteiger partial charge in [-0.15, -0.1) is 0 Å². The van der Waals surface area contributed by atoms with Crippen LogP contribution in [0.15, 0.2) is 18.2 Å². The smallest absolute Gasteiger partial charge is 0.306 e. The molecule has 0 radical (unpaired) electrons. The van der Waals surface area contributed by atoms with E-state index in [1.165, 1.54) is 0 Å². The number of ether oxygens (including phenoxy) is 4. The van der Waals surface area contributed by atoms with Gasteiger partial charge in [0.2, 0.25) is 0 Å². The van der Waals surface area contributed by atoms with E-state index < -0.39 is 0 Å². The lowest BCUT2D eigenvalue weighted by molar-refractivity contribution is -0.143. The van der Waals surface area contributed by atoms with Crippen molar-refractivity contribution in [3.05, 3.63) is 29.3 Å². The lowest BCUT2D eigenvalue weighted by atomic mass is 9.99. The summed E-state index contributed by atoms with van der Waals surface area (Å²) in [6.45, 7) is 5.61. The molecule has 1 saturated heterocycles. The van der Waals surface area contributed by atoms with Crippen LogP contribution in [0.25, 0.3) is 0 Å². The number of carbonyl (C=O) groups is 1. The minimum Gasteiger partial charge on any atom is -0.497 e. The molecule has 0 spiro atoms. The first kappa shape index (κ1) is 16.8. The lowest BCUT2D eigenvalue weighted by Gasteiger charge is -2.18. The van der Waals surface area contributed by atoms with Crippen molar-refractivity contribution in [2.45, 2.75) is 38.9 Å². The van der Waals surface area contributed by atoms with Crippen LogP contribution in [0.4, 0.5) is 0 Å². The summed E-state index contributed by atoms with van der Waals surface area (Å²) in [6.07, 6.45) is 1.15. The van der Waals surface area contributed by atoms with Crippen LogP contribution in [0, 0.1) is 0 Å². The molecular weight excluding hydrogens is 284 g/mol. The lowest BCUT2D eigenvalue weighted by Crippen LogP contribution is -2.10. The number of rotatable bonds is 9. The van der Waals surface area contributed by atoms with Crippen LogP contribution in [-0.2, 0) is 25.4 Å². The molecule has 0 N–H and O–H groups in total. The van der Waals surface area contributed by atoms with Gasteiger partial charge in [0.1, 0.15) is 11.9 Å². The van der Waals surface area contributed by atoms with Crippen LogP contribution in [0.3, 0.4) is 0 Å². The molecule has 0 aromatic heterocycles. The predicted octanol–water partition coefficient (Wildman–Crippen LogP) is 2.67. The Balaban J connectivity index is 2.03. The van der Waals surface area contributed by atoms with Gasteiger partial charge in [0.05, 0.1) is 33.0 Å². The molecule has 22 heavy (non-hydrogen) atoms. The molecule has 1 aliphatic rings. The van der Waals surface area contributed by atoms with Gasteiger partial charge in [0.25, 0.3) is 0 Å². The molecule has 2 atom stereocenters. The summed E-state index contributed by atoms with van der Waals surface area (Å²) >= 11 is 0. The summed E-state index contributed by atoms with van der Waals surface area (Å²) < 4.78 is 21.3. The number of carbonyl (C=O) groups excluding carboxylic acids is 1. The minimum absolute atomic E-state index is 0.0488. The van der Waals surface area contributed by atoms with Crippen LogP contribution >= 0.6 is 0 Å². The highest BCUT2D eigenvalue weighted by atomic mass is 16.6. The maximum Gasteiger partial charge on any atom is 0.306 e. The van der Waals surface area contributed by atoms with Gasteiger partial charge >= 0.3 is 5.97 Å². The molecule has 0 bridgehead atoms. The van der Waals surface area contributed by atoms with Gasteiger partial charge in [0.15, 0.2) is 0 Å². The van der Waals surface area contributed by atoms with Crippen LogP contribution in [0.5, 0.6) is 5.75 Å². The fraction of sp³-hybridized carbons (Fsp3) is 0.588. The summed E-state index contributed by atoms with van der Waals surface area (Å²) in [5, 5.41) is 0. The maximum atomic E-state index is 11.6. The molecule has 0 aliphatic carbocycles. The standard InChI is InChI=1S/C17H24O5/c1-4-20-17(18)8-5-13-9-14(19-3)6-7-16(13)12(2)21-10-15-11-22-15/h6-7,9,12,15H,4-5,8,10-11H2,1-3H3/t12-,15+/m1/s1. The molecule has 122 valence electrons. The van der Waals surface area contributed by atoms with Gasteiger partial charge in [-0.1, -0.05) is 6.07 Å². The van der Waals surface area contributed by atoms with E-state index in [-0.39, 0.29) is 18.2 Å². The zero-order valence-electron chi connectivity index (χ0n) is 13.5. The molecule has 1 aromatic carbocycles. The van der Waals surface area contributed by atoms with Crippen molar-refractivity contribution < 1.29 is 23.7 Å². The van der Waals surface area contributed by atoms with E-state index in [0.717, 1.165) is 23.5 Å². The molecule has 0 amide bonds. The summed E-state index contributed by atoms with van der Waals surface area (Å²) in [7, 11) is 1.63. The SMILES string of the molecule is CCOC(=O)CCc1cc(OC)ccc1[C@@H](C)OC[C@H]1CO1. The first-order chi connectivity index (χ1) is 10.6. The van der Waals surface area contributed by atoms with Crippen molar-refractivity contribution in [3.63, 3.8) is 0 Å². The molecule has 0 unspecified atom stereocenters. The maximum absolute atomic E-state index is 11.6. The molecule has 1 aliphatic heterocycles. The number of aryl methyl sites for hydroxylation is 1. The molecule has 1 aromatic rings. The largest absolute Gasteiger partial charge is 0.497 e. The van der Waals surface area contributed by atoms with E-state index >= 15 is 0 Å². The van der Waals surface area contributed by atoms with Crippen molar-refractivity contribution in [2.24, 2.45) is 0 Å². The fourth-order valence-corrected chi connectivity index (χ4v) is 2.30. The Morgan fingerprint density at radius 1 is 1.45 bits per heavy atom. The van der Waals surface area contributed by atoms with Crippen molar-refractivity contribution in [2.75, 3.05) is 26.9 Å². The quantitative estimate of drug-likeness (QED) is 0.518. The Bertz CT molecular complexity index is 496. The number of methoxy groups -OCH3 is 1. The predicted molar refractivity (Wildman–Crippen MR) is 82.1 cm³/mol. The summed E-state index contributed by atoms with van der Waals surface area (Å²) in [5.74, 6) is 0.594. The van der Waals surface area contributed by atoms with Gasteiger partial charge in [-0.25, -0.2) is 0 Å². The van der Waals surface area contributed by atoms with Crippen LogP contribution < -0.4 is 4.74 Å². The molecule has 5 nitrogen and oxygen atoms in total. The Morgan fingerprint density at radius 3 is 2.86 bits per heavy atom. The normalized spacial score (nSPS) is 17.9. The molecule has 0 saturated carbocycles. The van der Waals surface area contributed by atoms with Gasteiger partial charge in [-0.2, -0.15) is 0 Å². The number of hydrogen-bond donors (Lipinski definition) is 0. The van der Waals surface area contributed by atoms with Crippen LogP contribution in [0.2, 0.25) is 0 Å². The number of epoxide rings is 1. The van der Waals surface area contributed by atoms with Crippen molar-refractivity contribution in [1.82, 2.24) is 0 Å². The van der Waals surface area contributed by atoms with E-state index in [1.54, 1.807) is 7.11 Å². The average molecular weight is 308 g/mol. The topological polar surface area (TPSA) is 57.3 Å². The Kier molecular flexibility index (Phi) is 6.21. The highest BCUT2D eigenvalue weighted by molar-refractivity contribution is 5.69. The van der Waals surface area contributed by atoms with E-state index in [9.17, 15) is 4.79 Å². The van der Waals surface area contributed by atoms with Crippen LogP contribution in [-0.4, -0.2) is 39.0 Å². The zero-order valence-corrected chi connectivity index (χ0v) is 13.5. The molecule has 5 heteroatoms. The second kappa shape index (κ2) is 8.15. The molecular formula is C17H24O5. The third-order valence-corrected chi connectivity index (χ3v) is 3.63. The fourth-order valence-electron chi connectivity index (χ4n) is 2.30. The highest BCUT2D eigenvalue weighted by Gasteiger charge is 2.24. The van der Waals surface area contributed by atoms with Crippen molar-refractivity contribution in [3.8, 4) is 5.75 Å².